The van der Waals surface area contributed by atoms with E-state index in [0.717, 1.165) is 25.9 Å². The van der Waals surface area contributed by atoms with Crippen LogP contribution in [-0.2, 0) is 4.79 Å². The number of likely N-dealkylation sites (tertiary alicyclic amines) is 1. The Morgan fingerprint density at radius 2 is 2.00 bits per heavy atom. The van der Waals surface area contributed by atoms with Crippen molar-refractivity contribution in [2.24, 2.45) is 0 Å². The molecule has 0 radical (unpaired) electrons. The van der Waals surface area contributed by atoms with Gasteiger partial charge in [-0.2, -0.15) is 0 Å². The number of benzene rings is 1. The van der Waals surface area contributed by atoms with E-state index >= 15 is 0 Å². The number of carbonyl (C=O) groups is 1. The number of halogens is 1. The molecule has 1 aliphatic rings. The van der Waals surface area contributed by atoms with Crippen molar-refractivity contribution in [3.05, 3.63) is 30.1 Å². The van der Waals surface area contributed by atoms with Gasteiger partial charge in [0.2, 0.25) is 5.91 Å². The normalized spacial score (nSPS) is 17.4. The first-order chi connectivity index (χ1) is 9.13. The minimum Gasteiger partial charge on any atom is -0.325 e. The molecule has 1 N–H and O–H groups in total. The summed E-state index contributed by atoms with van der Waals surface area (Å²) in [5, 5.41) is 3.36. The Morgan fingerprint density at radius 3 is 2.63 bits per heavy atom. The van der Waals surface area contributed by atoms with Crippen molar-refractivity contribution in [2.45, 2.75) is 18.1 Å². The first kappa shape index (κ1) is 14.3. The second kappa shape index (κ2) is 6.91. The highest BCUT2D eigenvalue weighted by Crippen LogP contribution is 2.22. The third-order valence-corrected chi connectivity index (χ3v) is 4.62. The van der Waals surface area contributed by atoms with E-state index in [2.05, 4.69) is 17.3 Å². The highest BCUT2D eigenvalue weighted by atomic mass is 32.2. The van der Waals surface area contributed by atoms with Gasteiger partial charge >= 0.3 is 0 Å². The van der Waals surface area contributed by atoms with Crippen LogP contribution in [0.3, 0.4) is 0 Å². The zero-order valence-corrected chi connectivity index (χ0v) is 11.9. The summed E-state index contributed by atoms with van der Waals surface area (Å²) in [7, 11) is 2.13. The maximum absolute atomic E-state index is 12.7. The van der Waals surface area contributed by atoms with Crippen molar-refractivity contribution in [2.75, 3.05) is 31.2 Å². The van der Waals surface area contributed by atoms with E-state index in [1.165, 1.54) is 12.1 Å². The summed E-state index contributed by atoms with van der Waals surface area (Å²) < 4.78 is 12.7. The van der Waals surface area contributed by atoms with Gasteiger partial charge < -0.3 is 10.2 Å². The van der Waals surface area contributed by atoms with Crippen molar-refractivity contribution >= 4 is 23.4 Å². The lowest BCUT2D eigenvalue weighted by Gasteiger charge is -2.28. The minimum atomic E-state index is -0.293. The van der Waals surface area contributed by atoms with Gasteiger partial charge in [0.15, 0.2) is 0 Å². The van der Waals surface area contributed by atoms with Crippen LogP contribution in [0.25, 0.3) is 0 Å². The number of anilines is 1. The van der Waals surface area contributed by atoms with Crippen molar-refractivity contribution in [1.82, 2.24) is 4.90 Å². The molecule has 1 heterocycles. The van der Waals surface area contributed by atoms with Crippen LogP contribution < -0.4 is 5.32 Å². The van der Waals surface area contributed by atoms with Crippen LogP contribution in [0.4, 0.5) is 10.1 Å². The smallest absolute Gasteiger partial charge is 0.234 e. The Bertz CT molecular complexity index is 416. The second-order valence-corrected chi connectivity index (χ2v) is 6.16. The maximum atomic E-state index is 12.7. The molecule has 1 aromatic carbocycles. The molecule has 0 saturated carbocycles. The van der Waals surface area contributed by atoms with Crippen molar-refractivity contribution in [1.29, 1.82) is 0 Å². The Morgan fingerprint density at radius 1 is 1.37 bits per heavy atom. The van der Waals surface area contributed by atoms with Crippen molar-refractivity contribution < 1.29 is 9.18 Å². The standard InChI is InChI=1S/C14H19FN2OS/c1-17-8-6-13(7-9-17)19-10-14(18)16-12-4-2-11(15)3-5-12/h2-5,13H,6-10H2,1H3,(H,16,18). The van der Waals surface area contributed by atoms with E-state index in [1.807, 2.05) is 0 Å². The van der Waals surface area contributed by atoms with Crippen LogP contribution in [0, 0.1) is 5.82 Å². The monoisotopic (exact) mass is 282 g/mol. The molecule has 19 heavy (non-hydrogen) atoms. The fourth-order valence-electron chi connectivity index (χ4n) is 2.08. The molecule has 3 nitrogen and oxygen atoms in total. The van der Waals surface area contributed by atoms with Crippen LogP contribution in [0.15, 0.2) is 24.3 Å². The Hall–Kier alpha value is -1.07. The van der Waals surface area contributed by atoms with E-state index in [1.54, 1.807) is 23.9 Å². The molecule has 0 bridgehead atoms. The Balaban J connectivity index is 1.71. The maximum Gasteiger partial charge on any atom is 0.234 e. The van der Waals surface area contributed by atoms with E-state index in [9.17, 15) is 9.18 Å². The number of hydrogen-bond donors (Lipinski definition) is 1. The number of hydrogen-bond acceptors (Lipinski definition) is 3. The van der Waals surface area contributed by atoms with Crippen LogP contribution in [0.1, 0.15) is 12.8 Å². The number of thioether (sulfide) groups is 1. The molecule has 0 aromatic heterocycles. The zero-order valence-electron chi connectivity index (χ0n) is 11.1. The fraction of sp³-hybridized carbons (Fsp3) is 0.500. The number of nitrogens with one attached hydrogen (secondary N) is 1. The number of amides is 1. The summed E-state index contributed by atoms with van der Waals surface area (Å²) in [6.45, 7) is 2.22. The SMILES string of the molecule is CN1CCC(SCC(=O)Nc2ccc(F)cc2)CC1. The number of piperidine rings is 1. The molecule has 0 aliphatic carbocycles. The molecule has 5 heteroatoms. The lowest BCUT2D eigenvalue weighted by Crippen LogP contribution is -2.32. The Kier molecular flexibility index (Phi) is 5.22. The summed E-state index contributed by atoms with van der Waals surface area (Å²) >= 11 is 1.72. The first-order valence-electron chi connectivity index (χ1n) is 6.49. The van der Waals surface area contributed by atoms with Crippen molar-refractivity contribution in [3.63, 3.8) is 0 Å². The molecule has 1 aromatic rings. The summed E-state index contributed by atoms with van der Waals surface area (Å²) in [6.07, 6.45) is 2.29. The average molecular weight is 282 g/mol. The highest BCUT2D eigenvalue weighted by Gasteiger charge is 2.17. The van der Waals surface area contributed by atoms with Crippen LogP contribution >= 0.6 is 11.8 Å². The van der Waals surface area contributed by atoms with Gasteiger partial charge in [0.1, 0.15) is 5.82 Å². The Labute approximate surface area is 117 Å². The molecular formula is C14H19FN2OS. The quantitative estimate of drug-likeness (QED) is 0.921. The molecule has 1 fully saturated rings. The van der Waals surface area contributed by atoms with Gasteiger partial charge in [-0.15, -0.1) is 11.8 Å². The third kappa shape index (κ3) is 4.84. The largest absolute Gasteiger partial charge is 0.325 e. The first-order valence-corrected chi connectivity index (χ1v) is 7.54. The molecule has 1 aliphatic heterocycles. The van der Waals surface area contributed by atoms with E-state index < -0.39 is 0 Å². The van der Waals surface area contributed by atoms with E-state index in [-0.39, 0.29) is 11.7 Å². The van der Waals surface area contributed by atoms with Crippen LogP contribution in [0.2, 0.25) is 0 Å². The predicted octanol–water partition coefficient (Wildman–Crippen LogP) is 2.59. The lowest BCUT2D eigenvalue weighted by atomic mass is 10.1. The van der Waals surface area contributed by atoms with E-state index in [4.69, 9.17) is 0 Å². The molecule has 0 spiro atoms. The second-order valence-electron chi connectivity index (χ2n) is 4.87. The number of carbonyl (C=O) groups excluding carboxylic acids is 1. The van der Waals surface area contributed by atoms with Crippen LogP contribution in [0.5, 0.6) is 0 Å². The minimum absolute atomic E-state index is 0.0180. The molecule has 1 saturated heterocycles. The molecule has 0 unspecified atom stereocenters. The summed E-state index contributed by atoms with van der Waals surface area (Å²) in [5.41, 5.74) is 0.648. The third-order valence-electron chi connectivity index (χ3n) is 3.24. The lowest BCUT2D eigenvalue weighted by molar-refractivity contribution is -0.113. The van der Waals surface area contributed by atoms with E-state index in [0.29, 0.717) is 16.7 Å². The zero-order chi connectivity index (χ0) is 13.7. The number of rotatable bonds is 4. The average Bonchev–Trinajstić information content (AvgIpc) is 2.41. The molecule has 2 rings (SSSR count). The van der Waals surface area contributed by atoms with Gasteiger partial charge in [0, 0.05) is 10.9 Å². The van der Waals surface area contributed by atoms with Crippen LogP contribution in [-0.4, -0.2) is 41.9 Å². The van der Waals surface area contributed by atoms with Gasteiger partial charge in [-0.1, -0.05) is 0 Å². The van der Waals surface area contributed by atoms with Gasteiger partial charge in [-0.3, -0.25) is 4.79 Å². The predicted molar refractivity (Wildman–Crippen MR) is 78.0 cm³/mol. The van der Waals surface area contributed by atoms with Crippen molar-refractivity contribution in [3.8, 4) is 0 Å². The van der Waals surface area contributed by atoms with Gasteiger partial charge in [0.05, 0.1) is 5.75 Å². The molecule has 1 amide bonds. The molecule has 104 valence electrons. The van der Waals surface area contributed by atoms with Gasteiger partial charge in [-0.05, 0) is 57.2 Å². The van der Waals surface area contributed by atoms with Gasteiger partial charge in [0.25, 0.3) is 0 Å². The fourth-order valence-corrected chi connectivity index (χ4v) is 3.08. The summed E-state index contributed by atoms with van der Waals surface area (Å²) in [5.74, 6) is 0.153. The van der Waals surface area contributed by atoms with Gasteiger partial charge in [-0.25, -0.2) is 4.39 Å². The molecule has 0 atom stereocenters. The molecular weight excluding hydrogens is 263 g/mol. The highest BCUT2D eigenvalue weighted by molar-refractivity contribution is 8.00. The topological polar surface area (TPSA) is 32.3 Å². The summed E-state index contributed by atoms with van der Waals surface area (Å²) in [4.78, 5) is 14.1. The number of nitrogens with zero attached hydrogens (tertiary/aromatic N) is 1. The summed E-state index contributed by atoms with van der Waals surface area (Å²) in [6, 6.07) is 5.85.